The molecular formula is C18H17BrN4O6S. The van der Waals surface area contributed by atoms with Gasteiger partial charge in [0.05, 0.1) is 16.0 Å². The lowest BCUT2D eigenvalue weighted by molar-refractivity contribution is -0.384. The third kappa shape index (κ3) is 6.76. The van der Waals surface area contributed by atoms with Gasteiger partial charge in [-0.2, -0.15) is 0 Å². The van der Waals surface area contributed by atoms with Crippen molar-refractivity contribution in [2.24, 2.45) is 0 Å². The van der Waals surface area contributed by atoms with E-state index in [1.807, 2.05) is 0 Å². The van der Waals surface area contributed by atoms with Gasteiger partial charge in [-0.05, 0) is 52.4 Å². The summed E-state index contributed by atoms with van der Waals surface area (Å²) in [5.74, 6) is -0.620. The SMILES string of the molecule is COCCOc1ccc(C(=O)NC(=S)NNC(=O)c2cccc([N+](=O)[O-])c2)cc1Br. The summed E-state index contributed by atoms with van der Waals surface area (Å²) in [6, 6.07) is 9.89. The van der Waals surface area contributed by atoms with Gasteiger partial charge in [0.15, 0.2) is 5.11 Å². The maximum absolute atomic E-state index is 12.3. The number of halogens is 1. The van der Waals surface area contributed by atoms with Crippen LogP contribution >= 0.6 is 28.1 Å². The van der Waals surface area contributed by atoms with E-state index in [0.29, 0.717) is 29.0 Å². The number of non-ortho nitro benzene ring substituents is 1. The van der Waals surface area contributed by atoms with E-state index in [9.17, 15) is 19.7 Å². The van der Waals surface area contributed by atoms with Crippen LogP contribution in [0.1, 0.15) is 20.7 Å². The largest absolute Gasteiger partial charge is 0.490 e. The van der Waals surface area contributed by atoms with Gasteiger partial charge in [-0.1, -0.05) is 6.07 Å². The fraction of sp³-hybridized carbons (Fsp3) is 0.167. The van der Waals surface area contributed by atoms with Crippen LogP contribution in [-0.4, -0.2) is 42.2 Å². The van der Waals surface area contributed by atoms with Crippen molar-refractivity contribution in [1.29, 1.82) is 0 Å². The molecule has 0 aliphatic carbocycles. The molecule has 12 heteroatoms. The first-order valence-corrected chi connectivity index (χ1v) is 9.59. The van der Waals surface area contributed by atoms with Gasteiger partial charge >= 0.3 is 0 Å². The Bertz CT molecular complexity index is 971. The molecule has 158 valence electrons. The molecule has 0 aliphatic rings. The van der Waals surface area contributed by atoms with Gasteiger partial charge in [-0.25, -0.2) is 0 Å². The number of nitrogens with zero attached hydrogens (tertiary/aromatic N) is 1. The first-order valence-electron chi connectivity index (χ1n) is 8.39. The molecule has 2 aromatic rings. The maximum atomic E-state index is 12.3. The number of amides is 2. The van der Waals surface area contributed by atoms with Crippen molar-refractivity contribution in [2.75, 3.05) is 20.3 Å². The lowest BCUT2D eigenvalue weighted by Crippen LogP contribution is -2.48. The highest BCUT2D eigenvalue weighted by atomic mass is 79.9. The zero-order valence-corrected chi connectivity index (χ0v) is 18.0. The highest BCUT2D eigenvalue weighted by molar-refractivity contribution is 9.10. The Morgan fingerprint density at radius 3 is 2.50 bits per heavy atom. The summed E-state index contributed by atoms with van der Waals surface area (Å²) in [5, 5.41) is 13.0. The summed E-state index contributed by atoms with van der Waals surface area (Å²) in [6.45, 7) is 0.787. The van der Waals surface area contributed by atoms with Gasteiger partial charge in [-0.15, -0.1) is 0 Å². The van der Waals surface area contributed by atoms with E-state index >= 15 is 0 Å². The zero-order valence-electron chi connectivity index (χ0n) is 15.6. The second kappa shape index (κ2) is 11.2. The summed E-state index contributed by atoms with van der Waals surface area (Å²) in [7, 11) is 1.56. The monoisotopic (exact) mass is 496 g/mol. The van der Waals surface area contributed by atoms with Crippen LogP contribution in [0.3, 0.4) is 0 Å². The summed E-state index contributed by atoms with van der Waals surface area (Å²) in [4.78, 5) is 34.5. The molecule has 0 heterocycles. The van der Waals surface area contributed by atoms with E-state index in [2.05, 4.69) is 32.1 Å². The topological polar surface area (TPSA) is 132 Å². The Morgan fingerprint density at radius 2 is 1.83 bits per heavy atom. The lowest BCUT2D eigenvalue weighted by atomic mass is 10.2. The Kier molecular flexibility index (Phi) is 8.65. The minimum absolute atomic E-state index is 0.0545. The highest BCUT2D eigenvalue weighted by Gasteiger charge is 2.13. The van der Waals surface area contributed by atoms with E-state index < -0.39 is 16.7 Å². The number of methoxy groups -OCH3 is 1. The number of carbonyl (C=O) groups is 2. The van der Waals surface area contributed by atoms with E-state index in [0.717, 1.165) is 6.07 Å². The van der Waals surface area contributed by atoms with Gasteiger partial charge in [0.1, 0.15) is 12.4 Å². The molecule has 2 aromatic carbocycles. The second-order valence-corrected chi connectivity index (χ2v) is 6.92. The number of nitrogens with one attached hydrogen (secondary N) is 3. The molecule has 0 atom stereocenters. The maximum Gasteiger partial charge on any atom is 0.270 e. The van der Waals surface area contributed by atoms with Crippen molar-refractivity contribution in [3.63, 3.8) is 0 Å². The van der Waals surface area contributed by atoms with Gasteiger partial charge in [-0.3, -0.25) is 35.9 Å². The average molecular weight is 497 g/mol. The molecule has 30 heavy (non-hydrogen) atoms. The molecule has 2 rings (SSSR count). The summed E-state index contributed by atoms with van der Waals surface area (Å²) in [5.41, 5.74) is 4.76. The molecule has 0 bridgehead atoms. The van der Waals surface area contributed by atoms with E-state index in [4.69, 9.17) is 21.7 Å². The Labute approximate surface area is 185 Å². The van der Waals surface area contributed by atoms with Crippen molar-refractivity contribution in [1.82, 2.24) is 16.2 Å². The van der Waals surface area contributed by atoms with Crippen LogP contribution in [0.4, 0.5) is 5.69 Å². The first-order chi connectivity index (χ1) is 14.3. The molecule has 0 radical (unpaired) electrons. The van der Waals surface area contributed by atoms with Gasteiger partial charge in [0.25, 0.3) is 17.5 Å². The molecule has 0 aromatic heterocycles. The molecule has 3 N–H and O–H groups in total. The Balaban J connectivity index is 1.89. The number of carbonyl (C=O) groups excluding carboxylic acids is 2. The number of hydrazine groups is 1. The molecule has 0 saturated heterocycles. The molecule has 0 aliphatic heterocycles. The summed E-state index contributed by atoms with van der Waals surface area (Å²) in [6.07, 6.45) is 0. The predicted molar refractivity (Wildman–Crippen MR) is 115 cm³/mol. The summed E-state index contributed by atoms with van der Waals surface area (Å²) < 4.78 is 11.0. The number of thiocarbonyl (C=S) groups is 1. The van der Waals surface area contributed by atoms with Crippen LogP contribution in [0.2, 0.25) is 0 Å². The minimum atomic E-state index is -0.657. The van der Waals surface area contributed by atoms with Crippen molar-refractivity contribution in [3.05, 3.63) is 68.2 Å². The fourth-order valence-electron chi connectivity index (χ4n) is 2.15. The smallest absolute Gasteiger partial charge is 0.270 e. The number of hydrogen-bond acceptors (Lipinski definition) is 7. The second-order valence-electron chi connectivity index (χ2n) is 5.66. The van der Waals surface area contributed by atoms with Crippen LogP contribution in [0.25, 0.3) is 0 Å². The number of benzene rings is 2. The number of nitro groups is 1. The van der Waals surface area contributed by atoms with Crippen molar-refractivity contribution in [2.45, 2.75) is 0 Å². The van der Waals surface area contributed by atoms with Gasteiger partial charge < -0.3 is 9.47 Å². The third-order valence-corrected chi connectivity index (χ3v) is 4.40. The minimum Gasteiger partial charge on any atom is -0.490 e. The third-order valence-electron chi connectivity index (χ3n) is 3.57. The number of nitro benzene ring substituents is 1. The zero-order chi connectivity index (χ0) is 22.1. The molecule has 2 amide bonds. The normalized spacial score (nSPS) is 10.1. The lowest BCUT2D eigenvalue weighted by Gasteiger charge is -2.12. The van der Waals surface area contributed by atoms with Crippen LogP contribution < -0.4 is 20.9 Å². The van der Waals surface area contributed by atoms with Crippen LogP contribution in [0.15, 0.2) is 46.9 Å². The molecule has 10 nitrogen and oxygen atoms in total. The van der Waals surface area contributed by atoms with Crippen molar-refractivity contribution >= 4 is 50.8 Å². The van der Waals surface area contributed by atoms with Crippen LogP contribution in [0.5, 0.6) is 5.75 Å². The van der Waals surface area contributed by atoms with Crippen LogP contribution in [0, 0.1) is 10.1 Å². The summed E-state index contributed by atoms with van der Waals surface area (Å²) >= 11 is 8.31. The predicted octanol–water partition coefficient (Wildman–Crippen LogP) is 2.33. The average Bonchev–Trinajstić information content (AvgIpc) is 2.73. The number of hydrogen-bond donors (Lipinski definition) is 3. The molecular weight excluding hydrogens is 480 g/mol. The number of ether oxygens (including phenoxy) is 2. The Morgan fingerprint density at radius 1 is 1.10 bits per heavy atom. The molecule has 0 spiro atoms. The standard InChI is InChI=1S/C18H17BrN4O6S/c1-28-7-8-29-15-6-5-12(10-14(15)19)16(24)20-18(30)22-21-17(25)11-3-2-4-13(9-11)23(26)27/h2-6,9-10H,7-8H2,1H3,(H,21,25)(H2,20,22,24,30). The number of rotatable bonds is 7. The van der Waals surface area contributed by atoms with E-state index in [1.54, 1.807) is 25.3 Å². The first kappa shape index (κ1) is 23.2. The Hall–Kier alpha value is -3.09. The van der Waals surface area contributed by atoms with Gasteiger partial charge in [0, 0.05) is 30.4 Å². The molecule has 0 unspecified atom stereocenters. The quantitative estimate of drug-likeness (QED) is 0.230. The van der Waals surface area contributed by atoms with Gasteiger partial charge in [0.2, 0.25) is 0 Å². The van der Waals surface area contributed by atoms with E-state index in [-0.39, 0.29) is 16.4 Å². The van der Waals surface area contributed by atoms with E-state index in [1.165, 1.54) is 18.2 Å². The van der Waals surface area contributed by atoms with Crippen LogP contribution in [-0.2, 0) is 4.74 Å². The molecule has 0 saturated carbocycles. The van der Waals surface area contributed by atoms with Crippen molar-refractivity contribution in [3.8, 4) is 5.75 Å². The fourth-order valence-corrected chi connectivity index (χ4v) is 2.78. The highest BCUT2D eigenvalue weighted by Crippen LogP contribution is 2.26. The van der Waals surface area contributed by atoms with Crippen molar-refractivity contribution < 1.29 is 24.0 Å². The molecule has 0 fully saturated rings.